The van der Waals surface area contributed by atoms with Crippen molar-refractivity contribution in [3.8, 4) is 16.9 Å². The molecule has 0 saturated carbocycles. The molecule has 0 aliphatic carbocycles. The monoisotopic (exact) mass is 364 g/mol. The van der Waals surface area contributed by atoms with Crippen LogP contribution in [0, 0.1) is 0 Å². The second-order valence-corrected chi connectivity index (χ2v) is 5.64. The lowest BCUT2D eigenvalue weighted by Gasteiger charge is -2.22. The van der Waals surface area contributed by atoms with Crippen molar-refractivity contribution in [3.63, 3.8) is 0 Å². The largest absolute Gasteiger partial charge is 0.497 e. The number of hydrogen-bond donors (Lipinski definition) is 1. The van der Waals surface area contributed by atoms with Gasteiger partial charge in [0.15, 0.2) is 0 Å². The Hall–Kier alpha value is -3.03. The summed E-state index contributed by atoms with van der Waals surface area (Å²) in [6, 6.07) is 10.2. The molecule has 136 valence electrons. The first-order valence-corrected chi connectivity index (χ1v) is 7.70. The fourth-order valence-electron chi connectivity index (χ4n) is 2.70. The van der Waals surface area contributed by atoms with E-state index in [0.717, 1.165) is 6.07 Å². The zero-order chi connectivity index (χ0) is 18.9. The molecule has 2 aromatic rings. The average molecular weight is 364 g/mol. The normalized spacial score (nSPS) is 17.2. The molecule has 1 aliphatic heterocycles. The van der Waals surface area contributed by atoms with Gasteiger partial charge >= 0.3 is 12.3 Å². The predicted octanol–water partition coefficient (Wildman–Crippen LogP) is 4.21. The zero-order valence-electron chi connectivity index (χ0n) is 13.9. The number of cyclic esters (lactones) is 1. The Balaban J connectivity index is 2.08. The minimum absolute atomic E-state index is 0.0397. The van der Waals surface area contributed by atoms with E-state index in [1.807, 2.05) is 0 Å². The molecule has 0 unspecified atom stereocenters. The summed E-state index contributed by atoms with van der Waals surface area (Å²) in [4.78, 5) is 11.1. The molecule has 0 radical (unpaired) electrons. The van der Waals surface area contributed by atoms with Crippen molar-refractivity contribution < 1.29 is 27.4 Å². The number of methoxy groups -OCH3 is 1. The standard InChI is InChI=1S/C18H15F3N2O3/c1-10-16(22-23-17(24)26-10)12-5-8-14(15(9-12)18(19,20)21)11-3-6-13(25-2)7-4-11/h3-10H,1-2H3,(H,23,24)/t10-/m0/s1. The van der Waals surface area contributed by atoms with Gasteiger partial charge in [-0.05, 0) is 36.2 Å². The van der Waals surface area contributed by atoms with Crippen molar-refractivity contribution in [1.82, 2.24) is 5.43 Å². The Kier molecular flexibility index (Phi) is 4.58. The van der Waals surface area contributed by atoms with E-state index in [-0.39, 0.29) is 16.8 Å². The van der Waals surface area contributed by atoms with Crippen LogP contribution in [0.15, 0.2) is 47.6 Å². The van der Waals surface area contributed by atoms with Crippen LogP contribution in [0.5, 0.6) is 5.75 Å². The summed E-state index contributed by atoms with van der Waals surface area (Å²) in [6.45, 7) is 1.54. The Morgan fingerprint density at radius 2 is 1.77 bits per heavy atom. The number of benzene rings is 2. The highest BCUT2D eigenvalue weighted by Crippen LogP contribution is 2.38. The Morgan fingerprint density at radius 3 is 2.35 bits per heavy atom. The minimum Gasteiger partial charge on any atom is -0.497 e. The smallest absolute Gasteiger partial charge is 0.428 e. The van der Waals surface area contributed by atoms with Crippen LogP contribution in [0.3, 0.4) is 0 Å². The Bertz CT molecular complexity index is 861. The lowest BCUT2D eigenvalue weighted by molar-refractivity contribution is -0.137. The fourth-order valence-corrected chi connectivity index (χ4v) is 2.70. The van der Waals surface area contributed by atoms with E-state index < -0.39 is 23.9 Å². The van der Waals surface area contributed by atoms with E-state index >= 15 is 0 Å². The molecule has 26 heavy (non-hydrogen) atoms. The van der Waals surface area contributed by atoms with Crippen molar-refractivity contribution in [1.29, 1.82) is 0 Å². The molecule has 8 heteroatoms. The molecule has 0 aromatic heterocycles. The van der Waals surface area contributed by atoms with Crippen molar-refractivity contribution in [2.45, 2.75) is 19.2 Å². The molecule has 1 heterocycles. The van der Waals surface area contributed by atoms with Crippen molar-refractivity contribution >= 4 is 11.8 Å². The first-order chi connectivity index (χ1) is 12.3. The van der Waals surface area contributed by atoms with Crippen LogP contribution >= 0.6 is 0 Å². The number of hydrogen-bond acceptors (Lipinski definition) is 4. The molecule has 0 saturated heterocycles. The third kappa shape index (κ3) is 3.49. The molecule has 3 rings (SSSR count). The molecule has 0 bridgehead atoms. The number of carbonyl (C=O) groups excluding carboxylic acids is 1. The number of hydrazone groups is 1. The average Bonchev–Trinajstić information content (AvgIpc) is 2.61. The molecular weight excluding hydrogens is 349 g/mol. The fraction of sp³-hybridized carbons (Fsp3) is 0.222. The predicted molar refractivity (Wildman–Crippen MR) is 89.0 cm³/mol. The number of halogens is 3. The summed E-state index contributed by atoms with van der Waals surface area (Å²) in [5, 5.41) is 3.82. The van der Waals surface area contributed by atoms with Crippen LogP contribution in [0.4, 0.5) is 18.0 Å². The van der Waals surface area contributed by atoms with E-state index in [1.165, 1.54) is 19.2 Å². The molecule has 5 nitrogen and oxygen atoms in total. The highest BCUT2D eigenvalue weighted by Gasteiger charge is 2.35. The molecule has 1 N–H and O–H groups in total. The third-order valence-corrected chi connectivity index (χ3v) is 3.96. The summed E-state index contributed by atoms with van der Waals surface area (Å²) in [7, 11) is 1.48. The third-order valence-electron chi connectivity index (χ3n) is 3.96. The molecule has 0 spiro atoms. The van der Waals surface area contributed by atoms with Crippen molar-refractivity contribution in [2.75, 3.05) is 7.11 Å². The van der Waals surface area contributed by atoms with Gasteiger partial charge in [0.05, 0.1) is 12.7 Å². The van der Waals surface area contributed by atoms with Gasteiger partial charge in [-0.25, -0.2) is 10.2 Å². The van der Waals surface area contributed by atoms with Gasteiger partial charge in [0.1, 0.15) is 17.6 Å². The zero-order valence-corrected chi connectivity index (χ0v) is 13.9. The topological polar surface area (TPSA) is 59.9 Å². The van der Waals surface area contributed by atoms with E-state index in [2.05, 4.69) is 10.5 Å². The highest BCUT2D eigenvalue weighted by molar-refractivity contribution is 6.06. The van der Waals surface area contributed by atoms with E-state index in [0.29, 0.717) is 11.3 Å². The lowest BCUT2D eigenvalue weighted by atomic mass is 9.94. The molecule has 2 aromatic carbocycles. The van der Waals surface area contributed by atoms with Gasteiger partial charge in [0.2, 0.25) is 0 Å². The number of nitrogens with one attached hydrogen (secondary N) is 1. The second-order valence-electron chi connectivity index (χ2n) is 5.64. The summed E-state index contributed by atoms with van der Waals surface area (Å²) >= 11 is 0. The molecule has 0 fully saturated rings. The van der Waals surface area contributed by atoms with Gasteiger partial charge in [-0.2, -0.15) is 18.3 Å². The summed E-state index contributed by atoms with van der Waals surface area (Å²) < 4.78 is 50.8. The number of ether oxygens (including phenoxy) is 2. The first-order valence-electron chi connectivity index (χ1n) is 7.70. The maximum atomic E-state index is 13.6. The first kappa shape index (κ1) is 17.8. The van der Waals surface area contributed by atoms with Gasteiger partial charge in [-0.1, -0.05) is 24.3 Å². The van der Waals surface area contributed by atoms with Crippen LogP contribution in [-0.2, 0) is 10.9 Å². The number of alkyl halides is 3. The van der Waals surface area contributed by atoms with Gasteiger partial charge in [-0.15, -0.1) is 0 Å². The van der Waals surface area contributed by atoms with Crippen LogP contribution < -0.4 is 10.2 Å². The number of amides is 1. The summed E-state index contributed by atoms with van der Waals surface area (Å²) in [5.41, 5.74) is 2.20. The van der Waals surface area contributed by atoms with Gasteiger partial charge in [-0.3, -0.25) is 0 Å². The maximum Gasteiger partial charge on any atom is 0.428 e. The summed E-state index contributed by atoms with van der Waals surface area (Å²) in [5.74, 6) is 0.553. The molecule has 1 atom stereocenters. The van der Waals surface area contributed by atoms with Crippen LogP contribution in [0.25, 0.3) is 11.1 Å². The highest BCUT2D eigenvalue weighted by atomic mass is 19.4. The van der Waals surface area contributed by atoms with Crippen LogP contribution in [-0.4, -0.2) is 25.0 Å². The molecule has 1 aliphatic rings. The maximum absolute atomic E-state index is 13.6. The van der Waals surface area contributed by atoms with Gasteiger partial charge < -0.3 is 9.47 Å². The number of rotatable bonds is 3. The van der Waals surface area contributed by atoms with E-state index in [1.54, 1.807) is 31.2 Å². The minimum atomic E-state index is -4.56. The van der Waals surface area contributed by atoms with Crippen molar-refractivity contribution in [3.05, 3.63) is 53.6 Å². The number of nitrogens with zero attached hydrogens (tertiary/aromatic N) is 1. The number of carbonyl (C=O) groups is 1. The lowest BCUT2D eigenvalue weighted by Crippen LogP contribution is -2.37. The summed E-state index contributed by atoms with van der Waals surface area (Å²) in [6.07, 6.45) is -6.06. The van der Waals surface area contributed by atoms with Crippen LogP contribution in [0.1, 0.15) is 18.1 Å². The Labute approximate surface area is 147 Å². The van der Waals surface area contributed by atoms with Crippen LogP contribution in [0.2, 0.25) is 0 Å². The molecular formula is C18H15F3N2O3. The SMILES string of the molecule is COc1ccc(-c2ccc(C3=NNC(=O)O[C@H]3C)cc2C(F)(F)F)cc1. The Morgan fingerprint density at radius 1 is 1.12 bits per heavy atom. The second kappa shape index (κ2) is 6.70. The van der Waals surface area contributed by atoms with Gasteiger partial charge in [0.25, 0.3) is 0 Å². The van der Waals surface area contributed by atoms with Gasteiger partial charge in [0, 0.05) is 5.56 Å². The molecule has 1 amide bonds. The van der Waals surface area contributed by atoms with E-state index in [9.17, 15) is 18.0 Å². The quantitative estimate of drug-likeness (QED) is 0.887. The van der Waals surface area contributed by atoms with E-state index in [4.69, 9.17) is 9.47 Å². The van der Waals surface area contributed by atoms with Crippen molar-refractivity contribution in [2.24, 2.45) is 5.10 Å².